The smallest absolute Gasteiger partial charge is 0.351 e. The number of sulfonamides is 1. The normalized spacial score (nSPS) is 21.1. The third-order valence-corrected chi connectivity index (χ3v) is 8.97. The van der Waals surface area contributed by atoms with Crippen LogP contribution in [0, 0.1) is 11.8 Å². The second-order valence-corrected chi connectivity index (χ2v) is 13.1. The van der Waals surface area contributed by atoms with Crippen LogP contribution in [-0.2, 0) is 27.5 Å². The zero-order valence-electron chi connectivity index (χ0n) is 23.9. The van der Waals surface area contributed by atoms with Gasteiger partial charge in [-0.05, 0) is 66.6 Å². The number of nitrogens with one attached hydrogen (secondary N) is 3. The van der Waals surface area contributed by atoms with Crippen LogP contribution in [0.2, 0.25) is 0 Å². The van der Waals surface area contributed by atoms with E-state index in [2.05, 4.69) is 21.9 Å². The molecule has 2 heterocycles. The van der Waals surface area contributed by atoms with Crippen molar-refractivity contribution in [3.63, 3.8) is 0 Å². The lowest BCUT2D eigenvalue weighted by atomic mass is 9.83. The molecule has 0 aromatic heterocycles. The molecule has 2 unspecified atom stereocenters. The van der Waals surface area contributed by atoms with Gasteiger partial charge in [0.2, 0.25) is 15.9 Å². The van der Waals surface area contributed by atoms with Crippen LogP contribution in [0.5, 0.6) is 0 Å². The summed E-state index contributed by atoms with van der Waals surface area (Å²) in [5.41, 5.74) is 0.500. The number of rotatable bonds is 11. The standard InChI is InChI=1S/C30H35F5N4O4S/c1-2-44(42,43)38-17-21-11-12-39(18-21)28(41)24-7-5-23(6-8-24)26(13-22-14-29(31,32)19-36-15-22)27(40)37-16-20-3-9-25(10-4-20)30(33,34)35/h2-10,21-22,26,36,38H,1,11-19H2,(H,37,40)/t21-,22?,26?/m0/s1. The molecule has 0 bridgehead atoms. The quantitative estimate of drug-likeness (QED) is 0.318. The molecule has 0 radical (unpaired) electrons. The number of benzene rings is 2. The second kappa shape index (κ2) is 13.7. The first kappa shape index (κ1) is 33.5. The highest BCUT2D eigenvalue weighted by Gasteiger charge is 2.38. The molecule has 0 spiro atoms. The molecule has 2 aromatic carbocycles. The van der Waals surface area contributed by atoms with Crippen molar-refractivity contribution in [1.82, 2.24) is 20.3 Å². The fourth-order valence-electron chi connectivity index (χ4n) is 5.56. The van der Waals surface area contributed by atoms with Crippen LogP contribution in [0.4, 0.5) is 22.0 Å². The Morgan fingerprint density at radius 1 is 1.09 bits per heavy atom. The molecule has 3 atom stereocenters. The molecule has 8 nitrogen and oxygen atoms in total. The summed E-state index contributed by atoms with van der Waals surface area (Å²) < 4.78 is 92.6. The topological polar surface area (TPSA) is 108 Å². The van der Waals surface area contributed by atoms with Gasteiger partial charge in [-0.2, -0.15) is 13.2 Å². The predicted molar refractivity (Wildman–Crippen MR) is 154 cm³/mol. The number of hydrogen-bond donors (Lipinski definition) is 3. The van der Waals surface area contributed by atoms with Gasteiger partial charge < -0.3 is 15.5 Å². The number of amides is 2. The van der Waals surface area contributed by atoms with Gasteiger partial charge in [0.25, 0.3) is 11.8 Å². The maximum atomic E-state index is 14.1. The van der Waals surface area contributed by atoms with E-state index in [1.165, 1.54) is 12.1 Å². The molecule has 14 heteroatoms. The van der Waals surface area contributed by atoms with E-state index in [1.807, 2.05) is 0 Å². The minimum Gasteiger partial charge on any atom is -0.351 e. The van der Waals surface area contributed by atoms with Gasteiger partial charge in [-0.25, -0.2) is 21.9 Å². The Balaban J connectivity index is 1.44. The minimum atomic E-state index is -4.49. The first-order valence-electron chi connectivity index (χ1n) is 14.2. The maximum absolute atomic E-state index is 14.1. The van der Waals surface area contributed by atoms with Crippen molar-refractivity contribution >= 4 is 21.8 Å². The Morgan fingerprint density at radius 2 is 1.77 bits per heavy atom. The lowest BCUT2D eigenvalue weighted by molar-refractivity contribution is -0.137. The maximum Gasteiger partial charge on any atom is 0.416 e. The highest BCUT2D eigenvalue weighted by Crippen LogP contribution is 2.34. The van der Waals surface area contributed by atoms with Crippen molar-refractivity contribution in [3.05, 3.63) is 82.8 Å². The van der Waals surface area contributed by atoms with Gasteiger partial charge in [-0.1, -0.05) is 30.8 Å². The lowest BCUT2D eigenvalue weighted by Gasteiger charge is -2.32. The summed E-state index contributed by atoms with van der Waals surface area (Å²) in [5.74, 6) is -5.06. The molecule has 2 aliphatic heterocycles. The third kappa shape index (κ3) is 9.08. The van der Waals surface area contributed by atoms with Crippen molar-refractivity contribution in [2.75, 3.05) is 32.7 Å². The van der Waals surface area contributed by atoms with Crippen molar-refractivity contribution in [1.29, 1.82) is 0 Å². The summed E-state index contributed by atoms with van der Waals surface area (Å²) in [7, 11) is -3.57. The van der Waals surface area contributed by atoms with Crippen LogP contribution in [0.1, 0.15) is 52.2 Å². The Bertz CT molecular complexity index is 1430. The van der Waals surface area contributed by atoms with Crippen LogP contribution in [0.15, 0.2) is 60.5 Å². The van der Waals surface area contributed by atoms with Gasteiger partial charge in [0.1, 0.15) is 0 Å². The summed E-state index contributed by atoms with van der Waals surface area (Å²) in [6, 6.07) is 10.7. The van der Waals surface area contributed by atoms with Crippen LogP contribution >= 0.6 is 0 Å². The highest BCUT2D eigenvalue weighted by molar-refractivity contribution is 7.92. The molecule has 0 saturated carbocycles. The summed E-state index contributed by atoms with van der Waals surface area (Å²) >= 11 is 0. The highest BCUT2D eigenvalue weighted by atomic mass is 32.2. The van der Waals surface area contributed by atoms with Crippen molar-refractivity contribution in [2.24, 2.45) is 11.8 Å². The zero-order chi connectivity index (χ0) is 32.1. The molecule has 44 heavy (non-hydrogen) atoms. The van der Waals surface area contributed by atoms with Crippen LogP contribution < -0.4 is 15.4 Å². The number of likely N-dealkylation sites (tertiary alicyclic amines) is 1. The van der Waals surface area contributed by atoms with E-state index < -0.39 is 58.4 Å². The first-order valence-corrected chi connectivity index (χ1v) is 15.7. The number of nitrogens with zero attached hydrogens (tertiary/aromatic N) is 1. The van der Waals surface area contributed by atoms with Crippen molar-refractivity contribution < 1.29 is 40.0 Å². The SMILES string of the molecule is C=CS(=O)(=O)NC[C@@H]1CCN(C(=O)c2ccc(C(CC3CNCC(F)(F)C3)C(=O)NCc3ccc(C(F)(F)F)cc3)cc2)C1. The Labute approximate surface area is 253 Å². The van der Waals surface area contributed by atoms with Gasteiger partial charge in [0, 0.05) is 43.6 Å². The predicted octanol–water partition coefficient (Wildman–Crippen LogP) is 4.27. The van der Waals surface area contributed by atoms with E-state index >= 15 is 0 Å². The van der Waals surface area contributed by atoms with E-state index in [9.17, 15) is 40.0 Å². The summed E-state index contributed by atoms with van der Waals surface area (Å²) in [6.45, 7) is 4.04. The molecule has 3 N–H and O–H groups in total. The molecule has 2 aromatic rings. The largest absolute Gasteiger partial charge is 0.416 e. The third-order valence-electron chi connectivity index (χ3n) is 7.96. The fraction of sp³-hybridized carbons (Fsp3) is 0.467. The number of carbonyl (C=O) groups excluding carboxylic acids is 2. The molecule has 2 saturated heterocycles. The van der Waals surface area contributed by atoms with E-state index in [4.69, 9.17) is 0 Å². The zero-order valence-corrected chi connectivity index (χ0v) is 24.7. The Morgan fingerprint density at radius 3 is 2.39 bits per heavy atom. The summed E-state index contributed by atoms with van der Waals surface area (Å²) in [5, 5.41) is 6.25. The molecule has 4 rings (SSSR count). The van der Waals surface area contributed by atoms with Crippen molar-refractivity contribution in [2.45, 2.75) is 43.8 Å². The minimum absolute atomic E-state index is 0.0534. The average molecular weight is 643 g/mol. The van der Waals surface area contributed by atoms with E-state index in [0.29, 0.717) is 42.7 Å². The van der Waals surface area contributed by atoms with Gasteiger partial charge >= 0.3 is 6.18 Å². The summed E-state index contributed by atoms with van der Waals surface area (Å²) in [6.07, 6.45) is -4.16. The molecule has 0 aliphatic carbocycles. The molecular formula is C30H35F5N4O4S. The monoisotopic (exact) mass is 642 g/mol. The molecule has 240 valence electrons. The molecule has 2 fully saturated rings. The van der Waals surface area contributed by atoms with Crippen LogP contribution in [0.25, 0.3) is 0 Å². The molecular weight excluding hydrogens is 607 g/mol. The van der Waals surface area contributed by atoms with Crippen LogP contribution in [0.3, 0.4) is 0 Å². The van der Waals surface area contributed by atoms with Gasteiger partial charge in [-0.15, -0.1) is 0 Å². The van der Waals surface area contributed by atoms with Crippen LogP contribution in [-0.4, -0.2) is 63.8 Å². The van der Waals surface area contributed by atoms with Gasteiger partial charge in [0.15, 0.2) is 0 Å². The lowest BCUT2D eigenvalue weighted by Crippen LogP contribution is -2.45. The Hall–Kier alpha value is -3.36. The van der Waals surface area contributed by atoms with Gasteiger partial charge in [0.05, 0.1) is 18.0 Å². The van der Waals surface area contributed by atoms with E-state index in [0.717, 1.165) is 17.5 Å². The number of halogens is 5. The van der Waals surface area contributed by atoms with E-state index in [1.54, 1.807) is 29.2 Å². The first-order chi connectivity index (χ1) is 20.7. The van der Waals surface area contributed by atoms with E-state index in [-0.39, 0.29) is 31.3 Å². The van der Waals surface area contributed by atoms with Gasteiger partial charge in [-0.3, -0.25) is 9.59 Å². The molecule has 2 amide bonds. The Kier molecular flexibility index (Phi) is 10.5. The average Bonchev–Trinajstić information content (AvgIpc) is 3.46. The number of piperidine rings is 1. The fourth-order valence-corrected chi connectivity index (χ4v) is 6.15. The summed E-state index contributed by atoms with van der Waals surface area (Å²) in [4.78, 5) is 28.1. The molecule has 2 aliphatic rings. The van der Waals surface area contributed by atoms with Crippen molar-refractivity contribution in [3.8, 4) is 0 Å². The number of alkyl halides is 5. The number of carbonyl (C=O) groups is 2. The number of hydrogen-bond acceptors (Lipinski definition) is 5. The second-order valence-electron chi connectivity index (χ2n) is 11.3.